The van der Waals surface area contributed by atoms with Crippen LogP contribution in [0.4, 0.5) is 11.4 Å². The first-order valence-electron chi connectivity index (χ1n) is 8.23. The molecule has 0 bridgehead atoms. The number of sulfonamides is 1. The first-order chi connectivity index (χ1) is 12.0. The molecule has 1 aliphatic heterocycles. The van der Waals surface area contributed by atoms with Crippen molar-refractivity contribution in [3.05, 3.63) is 51.1 Å². The number of hydrogen-bond acceptors (Lipinski definition) is 3. The summed E-state index contributed by atoms with van der Waals surface area (Å²) in [6, 6.07) is 10.5. The third-order valence-electron chi connectivity index (χ3n) is 4.66. The Morgan fingerprint density at radius 1 is 1.19 bits per heavy atom. The smallest absolute Gasteiger partial charge is 0.261 e. The molecule has 0 aromatic heterocycles. The summed E-state index contributed by atoms with van der Waals surface area (Å²) in [6.07, 6.45) is 0. The van der Waals surface area contributed by atoms with Crippen molar-refractivity contribution in [1.29, 1.82) is 0 Å². The Kier molecular flexibility index (Phi) is 4.81. The Hall–Kier alpha value is -1.61. The van der Waals surface area contributed by atoms with Gasteiger partial charge in [0, 0.05) is 28.1 Å². The lowest BCUT2D eigenvalue weighted by atomic mass is 9.87. The summed E-state index contributed by atoms with van der Waals surface area (Å²) in [5, 5.41) is 0. The van der Waals surface area contributed by atoms with E-state index < -0.39 is 10.0 Å². The molecule has 0 fully saturated rings. The molecule has 1 amide bonds. The number of amides is 1. The predicted molar refractivity (Wildman–Crippen MR) is 112 cm³/mol. The summed E-state index contributed by atoms with van der Waals surface area (Å²) < 4.78 is 29.5. The normalized spacial score (nSPS) is 15.7. The van der Waals surface area contributed by atoms with E-state index in [1.54, 1.807) is 29.2 Å². The largest absolute Gasteiger partial charge is 0.311 e. The molecule has 2 aromatic rings. The van der Waals surface area contributed by atoms with Gasteiger partial charge < -0.3 is 4.90 Å². The van der Waals surface area contributed by atoms with Gasteiger partial charge in [0.1, 0.15) is 0 Å². The standard InChI is InChI=1S/C19H21IN2O3S/c1-12-9-14(20)5-7-17(12)21-26(24,25)15-6-8-18-16(10-15)19(3,4)11-22(18)13(2)23/h5-10,21H,11H2,1-4H3. The highest BCUT2D eigenvalue weighted by molar-refractivity contribution is 14.1. The molecule has 0 atom stereocenters. The minimum atomic E-state index is -3.71. The molecule has 5 nitrogen and oxygen atoms in total. The van der Waals surface area contributed by atoms with Gasteiger partial charge in [-0.05, 0) is 77.0 Å². The second-order valence-corrected chi connectivity index (χ2v) is 10.2. The molecule has 0 aliphatic carbocycles. The van der Waals surface area contributed by atoms with Crippen LogP contribution in [-0.2, 0) is 20.2 Å². The highest BCUT2D eigenvalue weighted by Crippen LogP contribution is 2.41. The molecule has 138 valence electrons. The van der Waals surface area contributed by atoms with Crippen molar-refractivity contribution in [2.24, 2.45) is 0 Å². The lowest BCUT2D eigenvalue weighted by molar-refractivity contribution is -0.116. The molecule has 1 aliphatic rings. The first kappa shape index (κ1) is 19.2. The van der Waals surface area contributed by atoms with Gasteiger partial charge >= 0.3 is 0 Å². The monoisotopic (exact) mass is 484 g/mol. The van der Waals surface area contributed by atoms with Gasteiger partial charge in [0.05, 0.1) is 10.6 Å². The van der Waals surface area contributed by atoms with Crippen molar-refractivity contribution in [2.75, 3.05) is 16.2 Å². The fraction of sp³-hybridized carbons (Fsp3) is 0.316. The van der Waals surface area contributed by atoms with Crippen molar-refractivity contribution in [3.8, 4) is 0 Å². The van der Waals surface area contributed by atoms with E-state index in [9.17, 15) is 13.2 Å². The average molecular weight is 484 g/mol. The quantitative estimate of drug-likeness (QED) is 0.669. The van der Waals surface area contributed by atoms with Gasteiger partial charge in [-0.1, -0.05) is 13.8 Å². The maximum atomic E-state index is 12.9. The van der Waals surface area contributed by atoms with Crippen LogP contribution in [0.2, 0.25) is 0 Å². The highest BCUT2D eigenvalue weighted by Gasteiger charge is 2.37. The van der Waals surface area contributed by atoms with Crippen LogP contribution in [-0.4, -0.2) is 20.9 Å². The number of fused-ring (bicyclic) bond motifs is 1. The highest BCUT2D eigenvalue weighted by atomic mass is 127. The van der Waals surface area contributed by atoms with Crippen LogP contribution in [0.25, 0.3) is 0 Å². The van der Waals surface area contributed by atoms with Gasteiger partial charge in [-0.25, -0.2) is 8.42 Å². The van der Waals surface area contributed by atoms with E-state index in [2.05, 4.69) is 27.3 Å². The number of aryl methyl sites for hydroxylation is 1. The average Bonchev–Trinajstić information content (AvgIpc) is 2.81. The van der Waals surface area contributed by atoms with Crippen LogP contribution in [0.3, 0.4) is 0 Å². The van der Waals surface area contributed by atoms with Crippen LogP contribution < -0.4 is 9.62 Å². The zero-order chi connectivity index (χ0) is 19.3. The molecule has 26 heavy (non-hydrogen) atoms. The van der Waals surface area contributed by atoms with Gasteiger partial charge in [0.2, 0.25) is 5.91 Å². The topological polar surface area (TPSA) is 66.5 Å². The van der Waals surface area contributed by atoms with E-state index in [0.717, 1.165) is 20.4 Å². The van der Waals surface area contributed by atoms with Crippen LogP contribution in [0.1, 0.15) is 31.9 Å². The number of halogens is 1. The second-order valence-electron chi connectivity index (χ2n) is 7.23. The number of carbonyl (C=O) groups excluding carboxylic acids is 1. The zero-order valence-corrected chi connectivity index (χ0v) is 18.1. The number of benzene rings is 2. The number of nitrogens with zero attached hydrogens (tertiary/aromatic N) is 1. The van der Waals surface area contributed by atoms with Gasteiger partial charge in [-0.2, -0.15) is 0 Å². The van der Waals surface area contributed by atoms with Crippen molar-refractivity contribution in [3.63, 3.8) is 0 Å². The Morgan fingerprint density at radius 3 is 2.50 bits per heavy atom. The van der Waals surface area contributed by atoms with Gasteiger partial charge in [-0.15, -0.1) is 0 Å². The van der Waals surface area contributed by atoms with Crippen molar-refractivity contribution >= 4 is 49.9 Å². The van der Waals surface area contributed by atoms with Crippen LogP contribution >= 0.6 is 22.6 Å². The Bertz CT molecular complexity index is 1000. The van der Waals surface area contributed by atoms with Gasteiger partial charge in [-0.3, -0.25) is 9.52 Å². The third-order valence-corrected chi connectivity index (χ3v) is 6.70. The first-order valence-corrected chi connectivity index (χ1v) is 10.8. The number of carbonyl (C=O) groups is 1. The number of rotatable bonds is 3. The molecule has 0 spiro atoms. The SMILES string of the molecule is CC(=O)N1CC(C)(C)c2cc(S(=O)(=O)Nc3ccc(I)cc3C)ccc21. The molecule has 0 saturated heterocycles. The molecule has 0 radical (unpaired) electrons. The van der Waals surface area contributed by atoms with E-state index >= 15 is 0 Å². The summed E-state index contributed by atoms with van der Waals surface area (Å²) in [5.74, 6) is -0.0416. The Balaban J connectivity index is 2.01. The molecular weight excluding hydrogens is 463 g/mol. The molecule has 7 heteroatoms. The molecule has 2 aromatic carbocycles. The summed E-state index contributed by atoms with van der Waals surface area (Å²) in [6.45, 7) is 7.97. The van der Waals surface area contributed by atoms with Crippen molar-refractivity contribution < 1.29 is 13.2 Å². The summed E-state index contributed by atoms with van der Waals surface area (Å²) in [5.41, 5.74) is 2.78. The number of anilines is 2. The second kappa shape index (κ2) is 6.53. The fourth-order valence-electron chi connectivity index (χ4n) is 3.25. The number of hydrogen-bond donors (Lipinski definition) is 1. The van der Waals surface area contributed by atoms with E-state index in [4.69, 9.17) is 0 Å². The Morgan fingerprint density at radius 2 is 1.88 bits per heavy atom. The van der Waals surface area contributed by atoms with Gasteiger partial charge in [0.15, 0.2) is 0 Å². The lowest BCUT2D eigenvalue weighted by Crippen LogP contribution is -2.31. The summed E-state index contributed by atoms with van der Waals surface area (Å²) >= 11 is 2.19. The molecule has 1 heterocycles. The van der Waals surface area contributed by atoms with Crippen LogP contribution in [0.5, 0.6) is 0 Å². The molecule has 0 unspecified atom stereocenters. The zero-order valence-electron chi connectivity index (χ0n) is 15.1. The summed E-state index contributed by atoms with van der Waals surface area (Å²) in [4.78, 5) is 13.8. The van der Waals surface area contributed by atoms with Crippen LogP contribution in [0, 0.1) is 10.5 Å². The van der Waals surface area contributed by atoms with Crippen molar-refractivity contribution in [2.45, 2.75) is 38.0 Å². The van der Waals surface area contributed by atoms with Crippen LogP contribution in [0.15, 0.2) is 41.3 Å². The Labute approximate surface area is 168 Å². The minimum Gasteiger partial charge on any atom is -0.311 e. The summed E-state index contributed by atoms with van der Waals surface area (Å²) in [7, 11) is -3.71. The van der Waals surface area contributed by atoms with Crippen molar-refractivity contribution in [1.82, 2.24) is 0 Å². The maximum absolute atomic E-state index is 12.9. The molecule has 1 N–H and O–H groups in total. The third kappa shape index (κ3) is 3.46. The van der Waals surface area contributed by atoms with Gasteiger partial charge in [0.25, 0.3) is 10.0 Å². The van der Waals surface area contributed by atoms with E-state index in [0.29, 0.717) is 12.2 Å². The van der Waals surface area contributed by atoms with E-state index in [-0.39, 0.29) is 16.2 Å². The van der Waals surface area contributed by atoms with E-state index in [1.807, 2.05) is 32.9 Å². The maximum Gasteiger partial charge on any atom is 0.261 e. The predicted octanol–water partition coefficient (Wildman–Crippen LogP) is 4.04. The molecule has 0 saturated carbocycles. The fourth-order valence-corrected chi connectivity index (χ4v) is 5.06. The minimum absolute atomic E-state index is 0.0416. The lowest BCUT2D eigenvalue weighted by Gasteiger charge is -2.19. The molecular formula is C19H21IN2O3S. The molecule has 3 rings (SSSR count). The van der Waals surface area contributed by atoms with E-state index in [1.165, 1.54) is 6.92 Å². The number of nitrogens with one attached hydrogen (secondary N) is 1.